The molecule has 0 amide bonds. The number of benzene rings is 1. The number of hydrogen-bond donors (Lipinski definition) is 1. The summed E-state index contributed by atoms with van der Waals surface area (Å²) in [5, 5.41) is 9.06. The van der Waals surface area contributed by atoms with Gasteiger partial charge in [-0.3, -0.25) is 4.79 Å². The molecule has 0 saturated carbocycles. The van der Waals surface area contributed by atoms with E-state index < -0.39 is 0 Å². The molecule has 0 radical (unpaired) electrons. The van der Waals surface area contributed by atoms with E-state index in [1.807, 2.05) is 0 Å². The Morgan fingerprint density at radius 3 is 2.27 bits per heavy atom. The number of hydrogen-bond acceptors (Lipinski definition) is 2. The number of carbonyl (C=O) groups excluding carboxylic acids is 1. The molecule has 0 aliphatic rings. The van der Waals surface area contributed by atoms with Crippen LogP contribution in [0.3, 0.4) is 0 Å². The Morgan fingerprint density at radius 2 is 1.91 bits per heavy atom. The Kier molecular flexibility index (Phi) is 3.31. The molecule has 1 aromatic carbocycles. The van der Waals surface area contributed by atoms with Crippen molar-refractivity contribution in [1.29, 1.82) is 0 Å². The van der Waals surface area contributed by atoms with E-state index >= 15 is 0 Å². The Labute approximate surface area is 66.5 Å². The zero-order valence-electron chi connectivity index (χ0n) is 5.66. The van der Waals surface area contributed by atoms with Gasteiger partial charge in [-0.25, -0.2) is 0 Å². The summed E-state index contributed by atoms with van der Waals surface area (Å²) in [6.45, 7) is 1.43. The summed E-state index contributed by atoms with van der Waals surface area (Å²) in [6.07, 6.45) is 0. The van der Waals surface area contributed by atoms with Gasteiger partial charge < -0.3 is 5.11 Å². The van der Waals surface area contributed by atoms with E-state index in [1.165, 1.54) is 13.0 Å². The molecule has 0 saturated heterocycles. The number of phenolic OH excluding ortho intramolecular Hbond substituents is 1. The maximum Gasteiger partial charge on any atom is 0.163 e. The van der Waals surface area contributed by atoms with Crippen LogP contribution < -0.4 is 0 Å². The minimum absolute atomic E-state index is 0. The Bertz CT molecular complexity index is 253. The van der Waals surface area contributed by atoms with Crippen LogP contribution in [-0.2, 0) is 0 Å². The second-order valence-corrected chi connectivity index (χ2v) is 2.07. The summed E-state index contributed by atoms with van der Waals surface area (Å²) in [5.41, 5.74) is 0.377. The Hall–Kier alpha value is -1.31. The first-order chi connectivity index (χ1) is 4.72. The zero-order valence-corrected chi connectivity index (χ0v) is 5.66. The van der Waals surface area contributed by atoms with Crippen molar-refractivity contribution in [3.05, 3.63) is 29.8 Å². The summed E-state index contributed by atoms with van der Waals surface area (Å²) >= 11 is 0. The van der Waals surface area contributed by atoms with Crippen LogP contribution >= 0.6 is 0 Å². The lowest BCUT2D eigenvalue weighted by Crippen LogP contribution is -1.90. The van der Waals surface area contributed by atoms with Gasteiger partial charge in [0.1, 0.15) is 5.75 Å². The normalized spacial score (nSPS) is 8.45. The summed E-state index contributed by atoms with van der Waals surface area (Å²) in [7, 11) is 0. The summed E-state index contributed by atoms with van der Waals surface area (Å²) < 4.78 is 0. The third-order valence-corrected chi connectivity index (χ3v) is 1.28. The lowest BCUT2D eigenvalue weighted by Gasteiger charge is -1.96. The molecule has 0 aliphatic carbocycles. The molecule has 0 spiro atoms. The third kappa shape index (κ3) is 2.08. The predicted octanol–water partition coefficient (Wildman–Crippen LogP) is 2.23. The fourth-order valence-electron chi connectivity index (χ4n) is 0.771. The van der Waals surface area contributed by atoms with Crippen LogP contribution in [-0.4, -0.2) is 10.9 Å². The maximum atomic E-state index is 10.7. The van der Waals surface area contributed by atoms with Crippen molar-refractivity contribution in [3.63, 3.8) is 0 Å². The maximum absolute atomic E-state index is 10.7. The highest BCUT2D eigenvalue weighted by Gasteiger charge is 2.02. The highest BCUT2D eigenvalue weighted by molar-refractivity contribution is 5.96. The molecule has 2 nitrogen and oxygen atoms in total. The van der Waals surface area contributed by atoms with Gasteiger partial charge in [-0.2, -0.15) is 0 Å². The van der Waals surface area contributed by atoms with Gasteiger partial charge in [-0.1, -0.05) is 19.6 Å². The van der Waals surface area contributed by atoms with Crippen LogP contribution in [0, 0.1) is 0 Å². The lowest BCUT2D eigenvalue weighted by atomic mass is 10.1. The van der Waals surface area contributed by atoms with Gasteiger partial charge in [0.15, 0.2) is 5.78 Å². The largest absolute Gasteiger partial charge is 0.507 e. The van der Waals surface area contributed by atoms with Crippen LogP contribution in [0.1, 0.15) is 24.7 Å². The standard InChI is InChI=1S/C8H8O2.CH4/c1-6(9)7-4-2-3-5-8(7)10;/h2-5,10H,1H3;1H4. The molecule has 0 atom stereocenters. The van der Waals surface area contributed by atoms with Crippen LogP contribution in [0.25, 0.3) is 0 Å². The van der Waals surface area contributed by atoms with E-state index in [9.17, 15) is 4.79 Å². The monoisotopic (exact) mass is 152 g/mol. The van der Waals surface area contributed by atoms with E-state index in [0.717, 1.165) is 0 Å². The van der Waals surface area contributed by atoms with E-state index in [0.29, 0.717) is 5.56 Å². The van der Waals surface area contributed by atoms with Gasteiger partial charge in [0.2, 0.25) is 0 Å². The van der Waals surface area contributed by atoms with Crippen molar-refractivity contribution < 1.29 is 9.90 Å². The fourth-order valence-corrected chi connectivity index (χ4v) is 0.771. The number of para-hydroxylation sites is 1. The lowest BCUT2D eigenvalue weighted by molar-refractivity contribution is 0.101. The zero-order chi connectivity index (χ0) is 7.56. The molecule has 11 heavy (non-hydrogen) atoms. The van der Waals surface area contributed by atoms with Crippen molar-refractivity contribution in [2.45, 2.75) is 14.4 Å². The average molecular weight is 152 g/mol. The topological polar surface area (TPSA) is 37.3 Å². The third-order valence-electron chi connectivity index (χ3n) is 1.28. The second-order valence-electron chi connectivity index (χ2n) is 2.07. The predicted molar refractivity (Wildman–Crippen MR) is 44.8 cm³/mol. The van der Waals surface area contributed by atoms with E-state index in [-0.39, 0.29) is 19.0 Å². The van der Waals surface area contributed by atoms with Crippen molar-refractivity contribution in [2.24, 2.45) is 0 Å². The molecule has 1 rings (SSSR count). The first kappa shape index (κ1) is 9.69. The van der Waals surface area contributed by atoms with Gasteiger partial charge in [0.05, 0.1) is 5.56 Å². The number of rotatable bonds is 1. The molecule has 0 unspecified atom stereocenters. The average Bonchev–Trinajstić information content (AvgIpc) is 1.88. The van der Waals surface area contributed by atoms with Gasteiger partial charge in [-0.05, 0) is 19.1 Å². The van der Waals surface area contributed by atoms with Gasteiger partial charge in [-0.15, -0.1) is 0 Å². The molecular weight excluding hydrogens is 140 g/mol. The van der Waals surface area contributed by atoms with Gasteiger partial charge in [0.25, 0.3) is 0 Å². The van der Waals surface area contributed by atoms with Crippen molar-refractivity contribution >= 4 is 5.78 Å². The molecule has 0 aromatic heterocycles. The number of aromatic hydroxyl groups is 1. The summed E-state index contributed by atoms with van der Waals surface area (Å²) in [5.74, 6) is -0.0619. The minimum atomic E-state index is -0.113. The van der Waals surface area contributed by atoms with Gasteiger partial charge >= 0.3 is 0 Å². The number of carbonyl (C=O) groups is 1. The molecule has 0 fully saturated rings. The molecule has 2 heteroatoms. The Morgan fingerprint density at radius 1 is 1.36 bits per heavy atom. The highest BCUT2D eigenvalue weighted by Crippen LogP contribution is 2.15. The smallest absolute Gasteiger partial charge is 0.163 e. The van der Waals surface area contributed by atoms with Crippen LogP contribution in [0.2, 0.25) is 0 Å². The Balaban J connectivity index is 0.000001000. The minimum Gasteiger partial charge on any atom is -0.507 e. The van der Waals surface area contributed by atoms with E-state index in [2.05, 4.69) is 0 Å². The van der Waals surface area contributed by atoms with E-state index in [1.54, 1.807) is 18.2 Å². The first-order valence-corrected chi connectivity index (χ1v) is 3.01. The molecular formula is C9H12O2. The molecule has 60 valence electrons. The van der Waals surface area contributed by atoms with E-state index in [4.69, 9.17) is 5.11 Å². The second kappa shape index (κ2) is 3.76. The van der Waals surface area contributed by atoms with Crippen LogP contribution in [0.5, 0.6) is 5.75 Å². The summed E-state index contributed by atoms with van der Waals surface area (Å²) in [4.78, 5) is 10.7. The van der Waals surface area contributed by atoms with Gasteiger partial charge in [0, 0.05) is 0 Å². The summed E-state index contributed by atoms with van der Waals surface area (Å²) in [6, 6.07) is 6.49. The highest BCUT2D eigenvalue weighted by atomic mass is 16.3. The first-order valence-electron chi connectivity index (χ1n) is 3.01. The van der Waals surface area contributed by atoms with Crippen molar-refractivity contribution in [3.8, 4) is 5.75 Å². The molecule has 0 aliphatic heterocycles. The molecule has 1 aromatic rings. The van der Waals surface area contributed by atoms with Crippen LogP contribution in [0.4, 0.5) is 0 Å². The van der Waals surface area contributed by atoms with Crippen molar-refractivity contribution in [1.82, 2.24) is 0 Å². The number of ketones is 1. The fraction of sp³-hybridized carbons (Fsp3) is 0.222. The quantitative estimate of drug-likeness (QED) is 0.626. The number of phenols is 1. The molecule has 1 N–H and O–H groups in total. The SMILES string of the molecule is C.CC(=O)c1ccccc1O. The molecule has 0 heterocycles. The van der Waals surface area contributed by atoms with Crippen LogP contribution in [0.15, 0.2) is 24.3 Å². The molecule has 0 bridgehead atoms. The van der Waals surface area contributed by atoms with Crippen molar-refractivity contribution in [2.75, 3.05) is 0 Å². The number of Topliss-reactive ketones (excluding diaryl/α,β-unsaturated/α-hetero) is 1.